The minimum Gasteiger partial charge on any atom is -0.482 e. The number of amides is 1. The molecule has 27 heavy (non-hydrogen) atoms. The highest BCUT2D eigenvalue weighted by Gasteiger charge is 2.34. The van der Waals surface area contributed by atoms with Crippen molar-refractivity contribution in [3.05, 3.63) is 29.8 Å². The van der Waals surface area contributed by atoms with E-state index in [0.29, 0.717) is 43.3 Å². The summed E-state index contributed by atoms with van der Waals surface area (Å²) >= 11 is 0. The van der Waals surface area contributed by atoms with Crippen molar-refractivity contribution in [1.82, 2.24) is 10.6 Å². The van der Waals surface area contributed by atoms with E-state index in [2.05, 4.69) is 10.6 Å². The van der Waals surface area contributed by atoms with Crippen LogP contribution in [0.15, 0.2) is 24.3 Å². The zero-order chi connectivity index (χ0) is 19.1. The summed E-state index contributed by atoms with van der Waals surface area (Å²) in [5.41, 5.74) is 1.12. The number of hydrogen-bond donors (Lipinski definition) is 2. The summed E-state index contributed by atoms with van der Waals surface area (Å²) in [7, 11) is 0. The number of piperidine rings is 1. The van der Waals surface area contributed by atoms with Gasteiger partial charge in [0, 0.05) is 25.0 Å². The van der Waals surface area contributed by atoms with E-state index in [4.69, 9.17) is 9.47 Å². The van der Waals surface area contributed by atoms with E-state index < -0.39 is 0 Å². The van der Waals surface area contributed by atoms with Gasteiger partial charge >= 0.3 is 5.97 Å². The molecule has 2 bridgehead atoms. The SMILES string of the molecule is CCOC(=O)COc1ccc(CCNC(=O)CC2CC3CCC(C2)N3)cc1. The van der Waals surface area contributed by atoms with Crippen molar-refractivity contribution in [2.45, 2.75) is 57.5 Å². The molecular weight excluding hydrogens is 344 g/mol. The summed E-state index contributed by atoms with van der Waals surface area (Å²) in [4.78, 5) is 23.5. The minimum atomic E-state index is -0.369. The van der Waals surface area contributed by atoms with Crippen LogP contribution in [0.4, 0.5) is 0 Å². The van der Waals surface area contributed by atoms with Crippen molar-refractivity contribution >= 4 is 11.9 Å². The summed E-state index contributed by atoms with van der Waals surface area (Å²) in [5.74, 6) is 0.956. The first-order chi connectivity index (χ1) is 13.1. The lowest BCUT2D eigenvalue weighted by atomic mass is 9.89. The average Bonchev–Trinajstić information content (AvgIpc) is 2.99. The van der Waals surface area contributed by atoms with E-state index in [0.717, 1.165) is 24.8 Å². The van der Waals surface area contributed by atoms with Gasteiger partial charge in [-0.25, -0.2) is 4.79 Å². The van der Waals surface area contributed by atoms with Crippen LogP contribution in [0.5, 0.6) is 5.75 Å². The van der Waals surface area contributed by atoms with Gasteiger partial charge in [0.05, 0.1) is 6.61 Å². The van der Waals surface area contributed by atoms with E-state index in [1.165, 1.54) is 12.8 Å². The summed E-state index contributed by atoms with van der Waals surface area (Å²) in [6.45, 7) is 2.68. The Balaban J connectivity index is 1.32. The molecule has 148 valence electrons. The number of ether oxygens (including phenoxy) is 2. The maximum Gasteiger partial charge on any atom is 0.344 e. The summed E-state index contributed by atoms with van der Waals surface area (Å²) < 4.78 is 10.2. The second-order valence-corrected chi connectivity index (χ2v) is 7.52. The molecule has 1 aromatic rings. The third-order valence-electron chi connectivity index (χ3n) is 5.37. The van der Waals surface area contributed by atoms with Gasteiger partial charge in [0.25, 0.3) is 0 Å². The molecule has 2 saturated heterocycles. The van der Waals surface area contributed by atoms with Crippen LogP contribution < -0.4 is 15.4 Å². The Hall–Kier alpha value is -2.08. The van der Waals surface area contributed by atoms with Crippen LogP contribution in [0.3, 0.4) is 0 Å². The predicted octanol–water partition coefficient (Wildman–Crippen LogP) is 2.21. The number of carbonyl (C=O) groups excluding carboxylic acids is 2. The molecule has 2 unspecified atom stereocenters. The fourth-order valence-corrected chi connectivity index (χ4v) is 4.12. The number of benzene rings is 1. The van der Waals surface area contributed by atoms with Crippen molar-refractivity contribution in [1.29, 1.82) is 0 Å². The third kappa shape index (κ3) is 6.24. The van der Waals surface area contributed by atoms with Crippen molar-refractivity contribution in [3.63, 3.8) is 0 Å². The molecule has 6 nitrogen and oxygen atoms in total. The third-order valence-corrected chi connectivity index (χ3v) is 5.37. The molecule has 2 aliphatic rings. The standard InChI is InChI=1S/C21H30N2O4/c1-2-26-21(25)14-27-19-7-3-15(4-8-19)9-10-22-20(24)13-16-11-17-5-6-18(12-16)23-17/h3-4,7-8,16-18,23H,2,5-6,9-14H2,1H3,(H,22,24). The molecule has 0 radical (unpaired) electrons. The molecule has 0 spiro atoms. The van der Waals surface area contributed by atoms with E-state index in [1.54, 1.807) is 6.92 Å². The molecule has 2 fully saturated rings. The highest BCUT2D eigenvalue weighted by atomic mass is 16.6. The lowest BCUT2D eigenvalue weighted by Gasteiger charge is -2.28. The van der Waals surface area contributed by atoms with Gasteiger partial charge in [0.1, 0.15) is 5.75 Å². The van der Waals surface area contributed by atoms with Gasteiger partial charge in [-0.05, 0) is 62.6 Å². The van der Waals surface area contributed by atoms with Gasteiger partial charge in [-0.3, -0.25) is 4.79 Å². The molecule has 0 saturated carbocycles. The van der Waals surface area contributed by atoms with Gasteiger partial charge in [0.2, 0.25) is 5.91 Å². The number of hydrogen-bond acceptors (Lipinski definition) is 5. The Morgan fingerprint density at radius 2 is 1.85 bits per heavy atom. The molecule has 6 heteroatoms. The average molecular weight is 374 g/mol. The fraction of sp³-hybridized carbons (Fsp3) is 0.619. The number of carbonyl (C=O) groups is 2. The maximum atomic E-state index is 12.2. The van der Waals surface area contributed by atoms with Crippen molar-refractivity contribution in [3.8, 4) is 5.75 Å². The fourth-order valence-electron chi connectivity index (χ4n) is 4.12. The van der Waals surface area contributed by atoms with E-state index in [-0.39, 0.29) is 18.5 Å². The van der Waals surface area contributed by atoms with E-state index in [1.807, 2.05) is 24.3 Å². The highest BCUT2D eigenvalue weighted by molar-refractivity contribution is 5.76. The van der Waals surface area contributed by atoms with Gasteiger partial charge in [-0.2, -0.15) is 0 Å². The Morgan fingerprint density at radius 1 is 1.15 bits per heavy atom. The second-order valence-electron chi connectivity index (χ2n) is 7.52. The maximum absolute atomic E-state index is 12.2. The second kappa shape index (κ2) is 9.74. The molecule has 0 aliphatic carbocycles. The Bertz CT molecular complexity index is 620. The van der Waals surface area contributed by atoms with Crippen LogP contribution in [-0.2, 0) is 20.7 Å². The van der Waals surface area contributed by atoms with Gasteiger partial charge in [-0.1, -0.05) is 12.1 Å². The summed E-state index contributed by atoms with van der Waals surface area (Å²) in [6, 6.07) is 8.84. The molecule has 0 aromatic heterocycles. The molecule has 2 aliphatic heterocycles. The van der Waals surface area contributed by atoms with Crippen molar-refractivity contribution in [2.75, 3.05) is 19.8 Å². The summed E-state index contributed by atoms with van der Waals surface area (Å²) in [6.07, 6.45) is 6.23. The normalized spacial score (nSPS) is 23.7. The van der Waals surface area contributed by atoms with Crippen LogP contribution in [0.25, 0.3) is 0 Å². The lowest BCUT2D eigenvalue weighted by Crippen LogP contribution is -2.39. The molecule has 1 aromatic carbocycles. The molecule has 2 N–H and O–H groups in total. The number of rotatable bonds is 9. The zero-order valence-corrected chi connectivity index (χ0v) is 16.0. The summed E-state index contributed by atoms with van der Waals surface area (Å²) in [5, 5.41) is 6.66. The largest absolute Gasteiger partial charge is 0.482 e. The molecule has 2 heterocycles. The Morgan fingerprint density at radius 3 is 2.52 bits per heavy atom. The number of fused-ring (bicyclic) bond motifs is 2. The topological polar surface area (TPSA) is 76.7 Å². The minimum absolute atomic E-state index is 0.0817. The van der Waals surface area contributed by atoms with Gasteiger partial charge < -0.3 is 20.1 Å². The Kier molecular flexibility index (Phi) is 7.10. The van der Waals surface area contributed by atoms with E-state index in [9.17, 15) is 9.59 Å². The first kappa shape index (κ1) is 19.7. The van der Waals surface area contributed by atoms with E-state index >= 15 is 0 Å². The van der Waals surface area contributed by atoms with Crippen molar-refractivity contribution in [2.24, 2.45) is 5.92 Å². The number of esters is 1. The van der Waals surface area contributed by atoms with Gasteiger partial charge in [0.15, 0.2) is 6.61 Å². The Labute approximate surface area is 161 Å². The molecule has 3 rings (SSSR count). The zero-order valence-electron chi connectivity index (χ0n) is 16.0. The first-order valence-corrected chi connectivity index (χ1v) is 10.0. The van der Waals surface area contributed by atoms with Crippen LogP contribution in [0.1, 0.15) is 44.6 Å². The van der Waals surface area contributed by atoms with Crippen LogP contribution in [0.2, 0.25) is 0 Å². The number of nitrogens with one attached hydrogen (secondary N) is 2. The monoisotopic (exact) mass is 374 g/mol. The van der Waals surface area contributed by atoms with Crippen LogP contribution in [-0.4, -0.2) is 43.7 Å². The van der Waals surface area contributed by atoms with Gasteiger partial charge in [-0.15, -0.1) is 0 Å². The quantitative estimate of drug-likeness (QED) is 0.648. The smallest absolute Gasteiger partial charge is 0.344 e. The lowest BCUT2D eigenvalue weighted by molar-refractivity contribution is -0.145. The molecule has 2 atom stereocenters. The van der Waals surface area contributed by atoms with Crippen LogP contribution in [0, 0.1) is 5.92 Å². The molecular formula is C21H30N2O4. The highest BCUT2D eigenvalue weighted by Crippen LogP contribution is 2.32. The van der Waals surface area contributed by atoms with Crippen molar-refractivity contribution < 1.29 is 19.1 Å². The predicted molar refractivity (Wildman–Crippen MR) is 103 cm³/mol. The molecule has 1 amide bonds. The van der Waals surface area contributed by atoms with Crippen LogP contribution >= 0.6 is 0 Å². The first-order valence-electron chi connectivity index (χ1n) is 10.0.